The molecule has 1 N–H and O–H groups in total. The topological polar surface area (TPSA) is 67.9 Å². The van der Waals surface area contributed by atoms with E-state index in [0.29, 0.717) is 23.5 Å². The van der Waals surface area contributed by atoms with Crippen molar-refractivity contribution < 1.29 is 23.5 Å². The van der Waals surface area contributed by atoms with Crippen LogP contribution in [0.2, 0.25) is 0 Å². The van der Waals surface area contributed by atoms with Gasteiger partial charge in [0, 0.05) is 0 Å². The molecule has 6 nitrogen and oxygen atoms in total. The van der Waals surface area contributed by atoms with Crippen molar-refractivity contribution in [2.45, 2.75) is 31.7 Å². The van der Waals surface area contributed by atoms with Crippen LogP contribution in [-0.4, -0.2) is 37.1 Å². The van der Waals surface area contributed by atoms with E-state index in [1.807, 2.05) is 6.92 Å². The molecule has 1 fully saturated rings. The molecule has 1 saturated heterocycles. The van der Waals surface area contributed by atoms with Gasteiger partial charge in [-0.15, -0.1) is 0 Å². The van der Waals surface area contributed by atoms with Gasteiger partial charge in [0.2, 0.25) is 0 Å². The molecule has 1 aliphatic heterocycles. The number of benzene rings is 2. The second-order valence-electron chi connectivity index (χ2n) is 6.93. The highest BCUT2D eigenvalue weighted by Gasteiger charge is 2.51. The molecule has 1 atom stereocenters. The van der Waals surface area contributed by atoms with Crippen molar-refractivity contribution in [2.75, 3.05) is 20.3 Å². The van der Waals surface area contributed by atoms with E-state index in [4.69, 9.17) is 9.47 Å². The molecule has 3 rings (SSSR count). The van der Waals surface area contributed by atoms with Crippen molar-refractivity contribution in [1.82, 2.24) is 10.2 Å². The van der Waals surface area contributed by atoms with Crippen molar-refractivity contribution in [1.29, 1.82) is 0 Å². The van der Waals surface area contributed by atoms with E-state index in [9.17, 15) is 14.0 Å². The zero-order valence-electron chi connectivity index (χ0n) is 16.6. The Morgan fingerprint density at radius 3 is 2.31 bits per heavy atom. The highest BCUT2D eigenvalue weighted by molar-refractivity contribution is 6.07. The summed E-state index contributed by atoms with van der Waals surface area (Å²) in [5, 5.41) is 2.84. The maximum absolute atomic E-state index is 13.4. The number of nitrogens with one attached hydrogen (secondary N) is 1. The minimum Gasteiger partial charge on any atom is -0.497 e. The van der Waals surface area contributed by atoms with Crippen LogP contribution in [0, 0.1) is 5.82 Å². The van der Waals surface area contributed by atoms with Crippen LogP contribution >= 0.6 is 0 Å². The number of ether oxygens (including phenoxy) is 2. The van der Waals surface area contributed by atoms with Gasteiger partial charge in [0.1, 0.15) is 29.5 Å². The SMILES string of the molecule is CCCCC1(c2ccc(F)cc2)NC(=O)N(CCOc2ccc(OC)cc2)C1=O. The van der Waals surface area contributed by atoms with Gasteiger partial charge in [-0.25, -0.2) is 9.18 Å². The smallest absolute Gasteiger partial charge is 0.325 e. The fourth-order valence-electron chi connectivity index (χ4n) is 3.44. The first kappa shape index (κ1) is 20.6. The molecule has 3 amide bonds. The fourth-order valence-corrected chi connectivity index (χ4v) is 3.44. The maximum Gasteiger partial charge on any atom is 0.325 e. The second-order valence-corrected chi connectivity index (χ2v) is 6.93. The van der Waals surface area contributed by atoms with E-state index in [2.05, 4.69) is 5.32 Å². The number of nitrogens with zero attached hydrogens (tertiary/aromatic N) is 1. The third-order valence-corrected chi connectivity index (χ3v) is 5.06. The number of carbonyl (C=O) groups excluding carboxylic acids is 2. The Morgan fingerprint density at radius 1 is 1.03 bits per heavy atom. The van der Waals surface area contributed by atoms with Crippen molar-refractivity contribution in [2.24, 2.45) is 0 Å². The van der Waals surface area contributed by atoms with Gasteiger partial charge >= 0.3 is 6.03 Å². The zero-order chi connectivity index (χ0) is 20.9. The number of hydrogen-bond acceptors (Lipinski definition) is 4. The first-order chi connectivity index (χ1) is 14.0. The van der Waals surface area contributed by atoms with Crippen LogP contribution in [0.4, 0.5) is 9.18 Å². The highest BCUT2D eigenvalue weighted by atomic mass is 19.1. The lowest BCUT2D eigenvalue weighted by atomic mass is 9.85. The molecule has 1 unspecified atom stereocenters. The predicted octanol–water partition coefficient (Wildman–Crippen LogP) is 3.85. The Hall–Kier alpha value is -3.09. The van der Waals surface area contributed by atoms with Crippen molar-refractivity contribution >= 4 is 11.9 Å². The third-order valence-electron chi connectivity index (χ3n) is 5.06. The maximum atomic E-state index is 13.4. The van der Waals surface area contributed by atoms with E-state index in [-0.39, 0.29) is 24.9 Å². The lowest BCUT2D eigenvalue weighted by Gasteiger charge is -2.27. The fraction of sp³-hybridized carbons (Fsp3) is 0.364. The summed E-state index contributed by atoms with van der Waals surface area (Å²) >= 11 is 0. The van der Waals surface area contributed by atoms with Gasteiger partial charge in [0.25, 0.3) is 5.91 Å². The van der Waals surface area contributed by atoms with Crippen molar-refractivity contribution in [3.63, 3.8) is 0 Å². The molecule has 0 radical (unpaired) electrons. The van der Waals surface area contributed by atoms with Crippen LogP contribution < -0.4 is 14.8 Å². The number of carbonyl (C=O) groups is 2. The molecule has 2 aromatic rings. The third kappa shape index (κ3) is 4.34. The first-order valence-corrected chi connectivity index (χ1v) is 9.67. The Bertz CT molecular complexity index is 854. The van der Waals surface area contributed by atoms with Crippen molar-refractivity contribution in [3.8, 4) is 11.5 Å². The van der Waals surface area contributed by atoms with E-state index in [1.54, 1.807) is 43.5 Å². The van der Waals surface area contributed by atoms with Gasteiger partial charge < -0.3 is 14.8 Å². The van der Waals surface area contributed by atoms with E-state index in [0.717, 1.165) is 12.8 Å². The van der Waals surface area contributed by atoms with Gasteiger partial charge in [-0.1, -0.05) is 31.9 Å². The molecule has 1 heterocycles. The molecular formula is C22H25FN2O4. The first-order valence-electron chi connectivity index (χ1n) is 9.67. The molecule has 29 heavy (non-hydrogen) atoms. The molecule has 0 spiro atoms. The molecule has 0 bridgehead atoms. The number of amides is 3. The van der Waals surface area contributed by atoms with E-state index in [1.165, 1.54) is 17.0 Å². The lowest BCUT2D eigenvalue weighted by Crippen LogP contribution is -2.44. The summed E-state index contributed by atoms with van der Waals surface area (Å²) < 4.78 is 24.1. The lowest BCUT2D eigenvalue weighted by molar-refractivity contribution is -0.132. The van der Waals surface area contributed by atoms with E-state index < -0.39 is 11.6 Å². The van der Waals surface area contributed by atoms with Crippen molar-refractivity contribution in [3.05, 3.63) is 59.9 Å². The summed E-state index contributed by atoms with van der Waals surface area (Å²) in [6.45, 7) is 2.30. The normalized spacial score (nSPS) is 18.7. The Kier molecular flexibility index (Phi) is 6.36. The number of urea groups is 1. The van der Waals surface area contributed by atoms with Gasteiger partial charge in [-0.3, -0.25) is 9.69 Å². The number of rotatable bonds is 9. The van der Waals surface area contributed by atoms with Gasteiger partial charge in [0.05, 0.1) is 13.7 Å². The quantitative estimate of drug-likeness (QED) is 0.649. The van der Waals surface area contributed by atoms with E-state index >= 15 is 0 Å². The van der Waals surface area contributed by atoms with Crippen LogP contribution in [0.1, 0.15) is 31.7 Å². The summed E-state index contributed by atoms with van der Waals surface area (Å²) in [7, 11) is 1.58. The molecule has 0 aliphatic carbocycles. The monoisotopic (exact) mass is 400 g/mol. The minimum atomic E-state index is -1.17. The summed E-state index contributed by atoms with van der Waals surface area (Å²) in [6, 6.07) is 12.3. The average molecular weight is 400 g/mol. The van der Waals surface area contributed by atoms with Gasteiger partial charge in [0.15, 0.2) is 0 Å². The zero-order valence-corrected chi connectivity index (χ0v) is 16.6. The largest absolute Gasteiger partial charge is 0.497 e. The molecule has 154 valence electrons. The van der Waals surface area contributed by atoms with Crippen LogP contribution in [0.3, 0.4) is 0 Å². The number of methoxy groups -OCH3 is 1. The number of halogens is 1. The summed E-state index contributed by atoms with van der Waals surface area (Å²) in [6.07, 6.45) is 2.07. The standard InChI is InChI=1S/C22H25FN2O4/c1-3-4-13-22(16-5-7-17(23)8-6-16)20(26)25(21(27)24-22)14-15-29-19-11-9-18(28-2)10-12-19/h5-12H,3-4,13-15H2,1-2H3,(H,24,27). The summed E-state index contributed by atoms with van der Waals surface area (Å²) in [5.74, 6) is 0.613. The molecule has 2 aromatic carbocycles. The predicted molar refractivity (Wildman–Crippen MR) is 106 cm³/mol. The minimum absolute atomic E-state index is 0.117. The Morgan fingerprint density at radius 2 is 1.69 bits per heavy atom. The number of unbranched alkanes of at least 4 members (excludes halogenated alkanes) is 1. The average Bonchev–Trinajstić information content (AvgIpc) is 2.98. The number of hydrogen-bond donors (Lipinski definition) is 1. The molecule has 1 aliphatic rings. The van der Waals surface area contributed by atoms with Crippen LogP contribution in [-0.2, 0) is 10.3 Å². The van der Waals surface area contributed by atoms with Crippen LogP contribution in [0.5, 0.6) is 11.5 Å². The van der Waals surface area contributed by atoms with Gasteiger partial charge in [-0.05, 0) is 48.4 Å². The van der Waals surface area contributed by atoms with Crippen LogP contribution in [0.15, 0.2) is 48.5 Å². The Labute approximate surface area is 169 Å². The Balaban J connectivity index is 1.72. The second kappa shape index (κ2) is 8.94. The summed E-state index contributed by atoms with van der Waals surface area (Å²) in [4.78, 5) is 27.0. The molecule has 7 heteroatoms. The molecule has 0 aromatic heterocycles. The van der Waals surface area contributed by atoms with Crippen LogP contribution in [0.25, 0.3) is 0 Å². The molecular weight excluding hydrogens is 375 g/mol. The molecule has 0 saturated carbocycles. The highest BCUT2D eigenvalue weighted by Crippen LogP contribution is 2.34. The number of imide groups is 1. The summed E-state index contributed by atoms with van der Waals surface area (Å²) in [5.41, 5.74) is -0.578. The van der Waals surface area contributed by atoms with Gasteiger partial charge in [-0.2, -0.15) is 0 Å².